The van der Waals surface area contributed by atoms with Crippen molar-refractivity contribution in [3.8, 4) is 11.1 Å². The van der Waals surface area contributed by atoms with E-state index in [4.69, 9.17) is 0 Å². The average Bonchev–Trinajstić information content (AvgIpc) is 2.88. The van der Waals surface area contributed by atoms with Crippen molar-refractivity contribution in [2.24, 2.45) is 0 Å². The molecule has 0 aromatic heterocycles. The minimum Gasteiger partial charge on any atom is -0.324 e. The van der Waals surface area contributed by atoms with E-state index in [-0.39, 0.29) is 11.4 Å². The summed E-state index contributed by atoms with van der Waals surface area (Å²) in [6.07, 6.45) is 0.633. The highest BCUT2D eigenvalue weighted by Crippen LogP contribution is 2.30. The molecule has 0 aliphatic rings. The number of benzene rings is 4. The van der Waals surface area contributed by atoms with Crippen LogP contribution in [0, 0.1) is 6.92 Å². The second kappa shape index (κ2) is 10.6. The van der Waals surface area contributed by atoms with E-state index in [1.807, 2.05) is 80.6 Å². The predicted octanol–water partition coefficient (Wildman–Crippen LogP) is 6.06. The van der Waals surface area contributed by atoms with Crippen LogP contribution in [-0.2, 0) is 21.2 Å². The molecule has 0 unspecified atom stereocenters. The van der Waals surface area contributed by atoms with Crippen LogP contribution in [0.2, 0.25) is 0 Å². The molecule has 0 heterocycles. The fourth-order valence-corrected chi connectivity index (χ4v) is 5.43. The second-order valence-corrected chi connectivity index (χ2v) is 10.1. The first-order valence-corrected chi connectivity index (χ1v) is 13.0. The third kappa shape index (κ3) is 5.44. The van der Waals surface area contributed by atoms with Gasteiger partial charge in [0.1, 0.15) is 6.54 Å². The summed E-state index contributed by atoms with van der Waals surface area (Å²) >= 11 is 0. The summed E-state index contributed by atoms with van der Waals surface area (Å²) < 4.78 is 28.7. The topological polar surface area (TPSA) is 66.5 Å². The van der Waals surface area contributed by atoms with Crippen LogP contribution in [0.1, 0.15) is 18.1 Å². The first-order chi connectivity index (χ1) is 16.9. The molecular formula is C29H28N2O3S. The minimum absolute atomic E-state index is 0.145. The van der Waals surface area contributed by atoms with Crippen LogP contribution >= 0.6 is 0 Å². The molecule has 0 atom stereocenters. The van der Waals surface area contributed by atoms with E-state index in [0.717, 1.165) is 22.3 Å². The van der Waals surface area contributed by atoms with Gasteiger partial charge in [-0.25, -0.2) is 8.42 Å². The summed E-state index contributed by atoms with van der Waals surface area (Å²) in [5.41, 5.74) is 4.76. The first kappa shape index (κ1) is 24.2. The smallest absolute Gasteiger partial charge is 0.264 e. The van der Waals surface area contributed by atoms with Crippen molar-refractivity contribution in [3.63, 3.8) is 0 Å². The lowest BCUT2D eigenvalue weighted by Gasteiger charge is -2.26. The van der Waals surface area contributed by atoms with E-state index in [1.165, 1.54) is 4.31 Å². The van der Waals surface area contributed by atoms with Gasteiger partial charge in [-0.2, -0.15) is 0 Å². The molecule has 0 saturated carbocycles. The lowest BCUT2D eigenvalue weighted by molar-refractivity contribution is -0.114. The molecule has 35 heavy (non-hydrogen) atoms. The number of nitrogens with one attached hydrogen (secondary N) is 1. The quantitative estimate of drug-likeness (QED) is 0.331. The molecular weight excluding hydrogens is 456 g/mol. The molecule has 0 radical (unpaired) electrons. The van der Waals surface area contributed by atoms with Gasteiger partial charge in [0.25, 0.3) is 10.0 Å². The van der Waals surface area contributed by atoms with Gasteiger partial charge in [-0.1, -0.05) is 91.3 Å². The van der Waals surface area contributed by atoms with E-state index in [0.29, 0.717) is 17.8 Å². The number of amides is 1. The van der Waals surface area contributed by atoms with Gasteiger partial charge in [0, 0.05) is 11.3 Å². The van der Waals surface area contributed by atoms with Crippen LogP contribution in [0.15, 0.2) is 108 Å². The van der Waals surface area contributed by atoms with Crippen LogP contribution in [0.3, 0.4) is 0 Å². The number of carbonyl (C=O) groups excluding carboxylic acids is 1. The summed E-state index contributed by atoms with van der Waals surface area (Å²) in [7, 11) is -3.98. The van der Waals surface area contributed by atoms with E-state index >= 15 is 0 Å². The molecule has 4 aromatic rings. The normalized spacial score (nSPS) is 11.1. The van der Waals surface area contributed by atoms with E-state index in [2.05, 4.69) is 5.32 Å². The third-order valence-electron chi connectivity index (χ3n) is 5.82. The Bertz CT molecular complexity index is 1420. The van der Waals surface area contributed by atoms with Gasteiger partial charge in [0.2, 0.25) is 5.91 Å². The maximum Gasteiger partial charge on any atom is 0.264 e. The molecule has 1 amide bonds. The highest BCUT2D eigenvalue weighted by Gasteiger charge is 2.28. The summed E-state index contributed by atoms with van der Waals surface area (Å²) in [5, 5.41) is 2.93. The zero-order chi connectivity index (χ0) is 24.8. The van der Waals surface area contributed by atoms with Gasteiger partial charge in [-0.05, 0) is 48.7 Å². The van der Waals surface area contributed by atoms with Crippen LogP contribution in [-0.4, -0.2) is 20.9 Å². The Morgan fingerprint density at radius 1 is 0.800 bits per heavy atom. The Kier molecular flexibility index (Phi) is 7.32. The van der Waals surface area contributed by atoms with Crippen molar-refractivity contribution in [2.75, 3.05) is 16.2 Å². The van der Waals surface area contributed by atoms with Crippen molar-refractivity contribution in [2.45, 2.75) is 25.2 Å². The van der Waals surface area contributed by atoms with Gasteiger partial charge < -0.3 is 5.32 Å². The highest BCUT2D eigenvalue weighted by molar-refractivity contribution is 7.92. The lowest BCUT2D eigenvalue weighted by Crippen LogP contribution is -2.38. The minimum atomic E-state index is -3.98. The van der Waals surface area contributed by atoms with E-state index in [9.17, 15) is 13.2 Å². The molecule has 0 aliphatic heterocycles. The Hall–Kier alpha value is -3.90. The largest absolute Gasteiger partial charge is 0.324 e. The molecule has 5 nitrogen and oxygen atoms in total. The van der Waals surface area contributed by atoms with Crippen LogP contribution in [0.5, 0.6) is 0 Å². The van der Waals surface area contributed by atoms with Gasteiger partial charge in [0.05, 0.1) is 10.6 Å². The Balaban J connectivity index is 1.70. The Labute approximate surface area is 207 Å². The fraction of sp³-hybridized carbons (Fsp3) is 0.138. The first-order valence-electron chi connectivity index (χ1n) is 11.5. The Morgan fingerprint density at radius 3 is 2.14 bits per heavy atom. The number of carbonyl (C=O) groups is 1. The molecule has 1 N–H and O–H groups in total. The lowest BCUT2D eigenvalue weighted by atomic mass is 10.0. The van der Waals surface area contributed by atoms with E-state index < -0.39 is 15.9 Å². The van der Waals surface area contributed by atoms with Crippen molar-refractivity contribution in [1.82, 2.24) is 0 Å². The standard InChI is InChI=1S/C29H28N2O3S/c1-3-23-11-7-10-16-28(23)31(35(33,34)25-19-17-22(2)18-20-25)21-29(32)30-27-15-9-8-14-26(27)24-12-5-4-6-13-24/h4-20H,3,21H2,1-2H3,(H,30,32). The van der Waals surface area contributed by atoms with Gasteiger partial charge in [-0.15, -0.1) is 0 Å². The molecule has 178 valence electrons. The van der Waals surface area contributed by atoms with E-state index in [1.54, 1.807) is 36.4 Å². The number of rotatable bonds is 8. The number of anilines is 2. The molecule has 0 fully saturated rings. The van der Waals surface area contributed by atoms with Crippen molar-refractivity contribution in [3.05, 3.63) is 114 Å². The Morgan fingerprint density at radius 2 is 1.43 bits per heavy atom. The molecule has 4 rings (SSSR count). The van der Waals surface area contributed by atoms with Crippen LogP contribution in [0.4, 0.5) is 11.4 Å². The van der Waals surface area contributed by atoms with Crippen molar-refractivity contribution >= 4 is 27.3 Å². The summed E-state index contributed by atoms with van der Waals surface area (Å²) in [6.45, 7) is 3.51. The number of nitrogens with zero attached hydrogens (tertiary/aromatic N) is 1. The molecule has 0 bridgehead atoms. The zero-order valence-corrected chi connectivity index (χ0v) is 20.6. The predicted molar refractivity (Wildman–Crippen MR) is 142 cm³/mol. The van der Waals surface area contributed by atoms with Crippen LogP contribution in [0.25, 0.3) is 11.1 Å². The molecule has 6 heteroatoms. The highest BCUT2D eigenvalue weighted by atomic mass is 32.2. The molecule has 0 spiro atoms. The number of hydrogen-bond donors (Lipinski definition) is 1. The van der Waals surface area contributed by atoms with Crippen molar-refractivity contribution < 1.29 is 13.2 Å². The summed E-state index contributed by atoms with van der Waals surface area (Å²) in [5.74, 6) is -0.421. The maximum atomic E-state index is 13.7. The van der Waals surface area contributed by atoms with Crippen LogP contribution < -0.4 is 9.62 Å². The van der Waals surface area contributed by atoms with Gasteiger partial charge in [0.15, 0.2) is 0 Å². The number of sulfonamides is 1. The fourth-order valence-electron chi connectivity index (χ4n) is 3.97. The third-order valence-corrected chi connectivity index (χ3v) is 7.60. The zero-order valence-electron chi connectivity index (χ0n) is 19.8. The summed E-state index contributed by atoms with van der Waals surface area (Å²) in [6, 6.07) is 31.2. The van der Waals surface area contributed by atoms with Gasteiger partial charge in [-0.3, -0.25) is 9.10 Å². The number of hydrogen-bond acceptors (Lipinski definition) is 3. The second-order valence-electron chi connectivity index (χ2n) is 8.27. The summed E-state index contributed by atoms with van der Waals surface area (Å²) in [4.78, 5) is 13.4. The molecule has 4 aromatic carbocycles. The monoisotopic (exact) mass is 484 g/mol. The number of aryl methyl sites for hydroxylation is 2. The molecule has 0 saturated heterocycles. The van der Waals surface area contributed by atoms with Crippen molar-refractivity contribution in [1.29, 1.82) is 0 Å². The van der Waals surface area contributed by atoms with Gasteiger partial charge >= 0.3 is 0 Å². The molecule has 0 aliphatic carbocycles. The maximum absolute atomic E-state index is 13.7. The number of para-hydroxylation sites is 2. The average molecular weight is 485 g/mol. The SMILES string of the molecule is CCc1ccccc1N(CC(=O)Nc1ccccc1-c1ccccc1)S(=O)(=O)c1ccc(C)cc1.